The summed E-state index contributed by atoms with van der Waals surface area (Å²) in [4.78, 5) is 16.5. The Kier molecular flexibility index (Phi) is 9.27. The second kappa shape index (κ2) is 12.2. The molecule has 1 atom stereocenters. The van der Waals surface area contributed by atoms with Gasteiger partial charge in [0.2, 0.25) is 5.91 Å². The van der Waals surface area contributed by atoms with E-state index in [-0.39, 0.29) is 5.91 Å². The number of rotatable bonds is 12. The van der Waals surface area contributed by atoms with Crippen molar-refractivity contribution in [2.24, 2.45) is 5.73 Å². The van der Waals surface area contributed by atoms with Crippen LogP contribution in [0.1, 0.15) is 62.6 Å². The molecule has 1 heterocycles. The minimum absolute atomic E-state index is 0.0955. The molecule has 0 fully saturated rings. The third-order valence-electron chi connectivity index (χ3n) is 5.91. The maximum atomic E-state index is 11.6. The van der Waals surface area contributed by atoms with Crippen LogP contribution in [-0.2, 0) is 17.6 Å². The van der Waals surface area contributed by atoms with Crippen molar-refractivity contribution < 1.29 is 4.79 Å². The zero-order valence-corrected chi connectivity index (χ0v) is 18.9. The van der Waals surface area contributed by atoms with E-state index < -0.39 is 6.04 Å². The normalized spacial score (nSPS) is 14.3. The van der Waals surface area contributed by atoms with Crippen molar-refractivity contribution in [2.75, 3.05) is 24.2 Å². The number of para-hydroxylation sites is 1. The number of carbonyl (C=O) groups is 1. The van der Waals surface area contributed by atoms with E-state index in [0.717, 1.165) is 37.7 Å². The molecule has 0 saturated heterocycles. The Morgan fingerprint density at radius 3 is 2.53 bits per heavy atom. The molecular weight excluding hydrogens is 392 g/mol. The first-order valence-corrected chi connectivity index (χ1v) is 12.1. The Labute approximate surface area is 186 Å². The molecule has 1 aliphatic rings. The number of unbranched alkanes of at least 4 members (excludes halogenated alkanes) is 5. The highest BCUT2D eigenvalue weighted by Gasteiger charge is 2.17. The van der Waals surface area contributed by atoms with Crippen LogP contribution in [-0.4, -0.2) is 35.8 Å². The number of hydrogen-bond donors (Lipinski definition) is 4. The second-order valence-electron chi connectivity index (χ2n) is 8.26. The number of fused-ring (bicyclic) bond motifs is 2. The van der Waals surface area contributed by atoms with Gasteiger partial charge in [-0.05, 0) is 50.2 Å². The van der Waals surface area contributed by atoms with Gasteiger partial charge in [0.25, 0.3) is 0 Å². The van der Waals surface area contributed by atoms with Crippen molar-refractivity contribution in [3.63, 3.8) is 0 Å². The van der Waals surface area contributed by atoms with E-state index in [1.807, 2.05) is 0 Å². The molecule has 4 N–H and O–H groups in total. The molecule has 3 rings (SSSR count). The first kappa shape index (κ1) is 22.9. The number of benzene rings is 1. The zero-order chi connectivity index (χ0) is 21.2. The minimum Gasteiger partial charge on any atom is -0.384 e. The summed E-state index contributed by atoms with van der Waals surface area (Å²) in [6, 6.07) is 8.02. The zero-order valence-electron chi connectivity index (χ0n) is 18.0. The highest BCUT2D eigenvalue weighted by molar-refractivity contribution is 7.80. The average molecular weight is 429 g/mol. The van der Waals surface area contributed by atoms with Crippen molar-refractivity contribution in [3.8, 4) is 0 Å². The maximum Gasteiger partial charge on any atom is 0.237 e. The summed E-state index contributed by atoms with van der Waals surface area (Å²) in [5.41, 5.74) is 10.8. The standard InChI is InChI=1S/C24H36N4OS/c25-20(17-30)24(29)27-16-10-4-2-1-3-9-15-26-23-18-11-5-7-13-21(18)28-22-14-8-6-12-19(22)23/h5,7,11,13,20,30H,1-4,6,8-10,12,14-17,25H2,(H,26,28)(H,27,29)/t20-/m0/s1. The number of aromatic nitrogens is 1. The second-order valence-corrected chi connectivity index (χ2v) is 8.63. The van der Waals surface area contributed by atoms with Gasteiger partial charge >= 0.3 is 0 Å². The summed E-state index contributed by atoms with van der Waals surface area (Å²) in [5, 5.41) is 7.89. The SMILES string of the molecule is N[C@@H](CS)C(=O)NCCCCCCCCNc1c2c(nc3ccccc13)CCCC2. The largest absolute Gasteiger partial charge is 0.384 e. The number of amides is 1. The van der Waals surface area contributed by atoms with Crippen LogP contribution in [0.15, 0.2) is 24.3 Å². The van der Waals surface area contributed by atoms with Gasteiger partial charge in [0, 0.05) is 35.6 Å². The number of nitrogens with two attached hydrogens (primary N) is 1. The van der Waals surface area contributed by atoms with Crippen LogP contribution in [0.5, 0.6) is 0 Å². The van der Waals surface area contributed by atoms with Crippen LogP contribution in [0.2, 0.25) is 0 Å². The van der Waals surface area contributed by atoms with Crippen LogP contribution in [0.4, 0.5) is 5.69 Å². The number of carbonyl (C=O) groups excluding carboxylic acids is 1. The Morgan fingerprint density at radius 2 is 1.73 bits per heavy atom. The summed E-state index contributed by atoms with van der Waals surface area (Å²) in [6.45, 7) is 1.72. The number of pyridine rings is 1. The molecule has 0 aliphatic heterocycles. The van der Waals surface area contributed by atoms with Gasteiger partial charge in [-0.2, -0.15) is 12.6 Å². The highest BCUT2D eigenvalue weighted by Crippen LogP contribution is 2.33. The average Bonchev–Trinajstić information content (AvgIpc) is 2.78. The molecular formula is C24H36N4OS. The molecule has 0 bridgehead atoms. The molecule has 1 aromatic heterocycles. The van der Waals surface area contributed by atoms with E-state index in [1.165, 1.54) is 60.9 Å². The van der Waals surface area contributed by atoms with Crippen molar-refractivity contribution >= 4 is 35.1 Å². The molecule has 0 spiro atoms. The van der Waals surface area contributed by atoms with Gasteiger partial charge in [-0.3, -0.25) is 9.78 Å². The molecule has 1 aromatic carbocycles. The number of nitrogens with one attached hydrogen (secondary N) is 2. The molecule has 0 radical (unpaired) electrons. The number of anilines is 1. The third-order valence-corrected chi connectivity index (χ3v) is 6.30. The number of nitrogens with zero attached hydrogens (tertiary/aromatic N) is 1. The summed E-state index contributed by atoms with van der Waals surface area (Å²) in [6.07, 6.45) is 11.8. The van der Waals surface area contributed by atoms with E-state index in [0.29, 0.717) is 12.3 Å². The molecule has 6 heteroatoms. The number of aryl methyl sites for hydroxylation is 1. The van der Waals surface area contributed by atoms with E-state index in [2.05, 4.69) is 47.5 Å². The Balaban J connectivity index is 1.35. The van der Waals surface area contributed by atoms with Gasteiger partial charge in [-0.25, -0.2) is 0 Å². The maximum absolute atomic E-state index is 11.6. The molecule has 1 amide bonds. The first-order valence-electron chi connectivity index (χ1n) is 11.5. The van der Waals surface area contributed by atoms with Gasteiger partial charge in [0.1, 0.15) is 0 Å². The quantitative estimate of drug-likeness (QED) is 0.301. The van der Waals surface area contributed by atoms with E-state index in [9.17, 15) is 4.79 Å². The van der Waals surface area contributed by atoms with Gasteiger partial charge < -0.3 is 16.4 Å². The summed E-state index contributed by atoms with van der Waals surface area (Å²) >= 11 is 4.04. The fourth-order valence-corrected chi connectivity index (χ4v) is 4.34. The van der Waals surface area contributed by atoms with Crippen molar-refractivity contribution in [3.05, 3.63) is 35.5 Å². The predicted octanol–water partition coefficient (Wildman–Crippen LogP) is 4.24. The van der Waals surface area contributed by atoms with Crippen LogP contribution in [0.3, 0.4) is 0 Å². The van der Waals surface area contributed by atoms with Crippen LogP contribution in [0.25, 0.3) is 10.9 Å². The molecule has 1 aliphatic carbocycles. The van der Waals surface area contributed by atoms with Gasteiger partial charge in [0.15, 0.2) is 0 Å². The lowest BCUT2D eigenvalue weighted by molar-refractivity contribution is -0.121. The monoisotopic (exact) mass is 428 g/mol. The van der Waals surface area contributed by atoms with Crippen LogP contribution >= 0.6 is 12.6 Å². The predicted molar refractivity (Wildman–Crippen MR) is 129 cm³/mol. The molecule has 5 nitrogen and oxygen atoms in total. The third kappa shape index (κ3) is 6.35. The first-order chi connectivity index (χ1) is 14.7. The Bertz CT molecular complexity index is 826. The van der Waals surface area contributed by atoms with E-state index in [4.69, 9.17) is 10.7 Å². The lowest BCUT2D eigenvalue weighted by Gasteiger charge is -2.21. The van der Waals surface area contributed by atoms with Crippen LogP contribution in [0, 0.1) is 0 Å². The van der Waals surface area contributed by atoms with Crippen LogP contribution < -0.4 is 16.4 Å². The van der Waals surface area contributed by atoms with Crippen molar-refractivity contribution in [1.29, 1.82) is 0 Å². The summed E-state index contributed by atoms with van der Waals surface area (Å²) in [5.74, 6) is 0.291. The lowest BCUT2D eigenvalue weighted by Crippen LogP contribution is -2.42. The topological polar surface area (TPSA) is 80.0 Å². The molecule has 30 heavy (non-hydrogen) atoms. The molecule has 0 unspecified atom stereocenters. The molecule has 0 saturated carbocycles. The fourth-order valence-electron chi connectivity index (χ4n) is 4.17. The molecule has 2 aromatic rings. The van der Waals surface area contributed by atoms with Gasteiger partial charge in [0.05, 0.1) is 11.6 Å². The summed E-state index contributed by atoms with van der Waals surface area (Å²) in [7, 11) is 0. The number of hydrogen-bond acceptors (Lipinski definition) is 5. The van der Waals surface area contributed by atoms with E-state index in [1.54, 1.807) is 0 Å². The van der Waals surface area contributed by atoms with Gasteiger partial charge in [-0.15, -0.1) is 0 Å². The Morgan fingerprint density at radius 1 is 1.03 bits per heavy atom. The fraction of sp³-hybridized carbons (Fsp3) is 0.583. The molecule has 164 valence electrons. The van der Waals surface area contributed by atoms with Crippen molar-refractivity contribution in [2.45, 2.75) is 70.3 Å². The van der Waals surface area contributed by atoms with E-state index >= 15 is 0 Å². The smallest absolute Gasteiger partial charge is 0.237 e. The summed E-state index contributed by atoms with van der Waals surface area (Å²) < 4.78 is 0. The van der Waals surface area contributed by atoms with Crippen molar-refractivity contribution in [1.82, 2.24) is 10.3 Å². The van der Waals surface area contributed by atoms with Gasteiger partial charge in [-0.1, -0.05) is 43.9 Å². The highest BCUT2D eigenvalue weighted by atomic mass is 32.1. The lowest BCUT2D eigenvalue weighted by atomic mass is 9.92. The Hall–Kier alpha value is -1.79. The number of thiol groups is 1. The minimum atomic E-state index is -0.496.